The second kappa shape index (κ2) is 4.57. The van der Waals surface area contributed by atoms with E-state index in [1.165, 1.54) is 6.08 Å². The third-order valence-electron chi connectivity index (χ3n) is 1.52. The Labute approximate surface area is 57.4 Å². The van der Waals surface area contributed by atoms with Gasteiger partial charge in [0.2, 0.25) is 0 Å². The molecule has 0 aromatic carbocycles. The van der Waals surface area contributed by atoms with Crippen molar-refractivity contribution in [2.24, 2.45) is 5.92 Å². The van der Waals surface area contributed by atoms with E-state index in [2.05, 4.69) is 6.92 Å². The zero-order chi connectivity index (χ0) is 7.28. The fourth-order valence-electron chi connectivity index (χ4n) is 0.816. The minimum atomic E-state index is -0.426. The molecular formula is C8H15O. The molecule has 0 heterocycles. The Bertz CT molecular complexity index is 78.6. The Morgan fingerprint density at radius 3 is 2.56 bits per heavy atom. The van der Waals surface area contributed by atoms with Gasteiger partial charge in [0.15, 0.2) is 0 Å². The zero-order valence-corrected chi connectivity index (χ0v) is 6.17. The van der Waals surface area contributed by atoms with E-state index in [1.54, 1.807) is 0 Å². The van der Waals surface area contributed by atoms with Gasteiger partial charge < -0.3 is 5.11 Å². The second-order valence-electron chi connectivity index (χ2n) is 2.45. The van der Waals surface area contributed by atoms with E-state index >= 15 is 0 Å². The van der Waals surface area contributed by atoms with Gasteiger partial charge in [-0.15, -0.1) is 0 Å². The van der Waals surface area contributed by atoms with Crippen LogP contribution in [0.4, 0.5) is 0 Å². The summed E-state index contributed by atoms with van der Waals surface area (Å²) in [5.74, 6) is 0.306. The highest BCUT2D eigenvalue weighted by molar-refractivity contribution is 4.79. The third-order valence-corrected chi connectivity index (χ3v) is 1.52. The maximum absolute atomic E-state index is 9.08. The van der Waals surface area contributed by atoms with Crippen molar-refractivity contribution in [1.29, 1.82) is 0 Å². The summed E-state index contributed by atoms with van der Waals surface area (Å²) in [6, 6.07) is 0. The Kier molecular flexibility index (Phi) is 4.41. The van der Waals surface area contributed by atoms with Crippen LogP contribution in [0.5, 0.6) is 0 Å². The van der Waals surface area contributed by atoms with Gasteiger partial charge in [-0.2, -0.15) is 0 Å². The molecule has 2 atom stereocenters. The van der Waals surface area contributed by atoms with Crippen molar-refractivity contribution >= 4 is 0 Å². The molecule has 53 valence electrons. The van der Waals surface area contributed by atoms with Crippen molar-refractivity contribution in [3.05, 3.63) is 12.7 Å². The molecule has 0 spiro atoms. The summed E-state index contributed by atoms with van der Waals surface area (Å²) in [4.78, 5) is 0. The van der Waals surface area contributed by atoms with Crippen molar-refractivity contribution in [2.45, 2.75) is 32.8 Å². The molecule has 0 saturated carbocycles. The summed E-state index contributed by atoms with van der Waals surface area (Å²) in [7, 11) is 0. The van der Waals surface area contributed by atoms with Gasteiger partial charge in [-0.25, -0.2) is 0 Å². The zero-order valence-electron chi connectivity index (χ0n) is 6.17. The molecule has 9 heavy (non-hydrogen) atoms. The Morgan fingerprint density at radius 1 is 1.67 bits per heavy atom. The van der Waals surface area contributed by atoms with Crippen LogP contribution in [0.25, 0.3) is 0 Å². The van der Waals surface area contributed by atoms with Gasteiger partial charge in [-0.3, -0.25) is 0 Å². The topological polar surface area (TPSA) is 20.2 Å². The molecule has 0 aromatic rings. The van der Waals surface area contributed by atoms with Crippen LogP contribution < -0.4 is 0 Å². The summed E-state index contributed by atoms with van der Waals surface area (Å²) in [6.45, 7) is 9.22. The first kappa shape index (κ1) is 8.70. The van der Waals surface area contributed by atoms with Crippen LogP contribution in [0.15, 0.2) is 6.08 Å². The van der Waals surface area contributed by atoms with E-state index in [0.29, 0.717) is 5.92 Å². The largest absolute Gasteiger partial charge is 0.389 e. The van der Waals surface area contributed by atoms with Gasteiger partial charge in [0.1, 0.15) is 0 Å². The molecule has 1 radical (unpaired) electrons. The molecule has 0 rings (SSSR count). The summed E-state index contributed by atoms with van der Waals surface area (Å²) in [5.41, 5.74) is 0. The first-order valence-electron chi connectivity index (χ1n) is 3.45. The van der Waals surface area contributed by atoms with Crippen LogP contribution in [0, 0.1) is 12.5 Å². The van der Waals surface area contributed by atoms with Gasteiger partial charge in [-0.05, 0) is 12.3 Å². The number of aliphatic hydroxyl groups is 1. The van der Waals surface area contributed by atoms with Crippen LogP contribution >= 0.6 is 0 Å². The molecule has 0 amide bonds. The summed E-state index contributed by atoms with van der Waals surface area (Å²) >= 11 is 0. The summed E-state index contributed by atoms with van der Waals surface area (Å²) in [5, 5.41) is 9.08. The minimum absolute atomic E-state index is 0.306. The van der Waals surface area contributed by atoms with Gasteiger partial charge in [0, 0.05) is 0 Å². The molecule has 1 nitrogen and oxygen atoms in total. The van der Waals surface area contributed by atoms with Crippen molar-refractivity contribution in [3.63, 3.8) is 0 Å². The maximum atomic E-state index is 9.08. The molecule has 0 aliphatic carbocycles. The Hall–Kier alpha value is -0.300. The maximum Gasteiger partial charge on any atom is 0.0749 e. The van der Waals surface area contributed by atoms with E-state index in [0.717, 1.165) is 12.8 Å². The van der Waals surface area contributed by atoms with Crippen LogP contribution in [-0.4, -0.2) is 11.2 Å². The van der Waals surface area contributed by atoms with E-state index in [4.69, 9.17) is 11.7 Å². The van der Waals surface area contributed by atoms with Crippen LogP contribution in [0.1, 0.15) is 26.7 Å². The number of rotatable bonds is 4. The fraction of sp³-hybridized carbons (Fsp3) is 0.750. The molecule has 0 saturated heterocycles. The molecule has 0 fully saturated rings. The number of hydrogen-bond donors (Lipinski definition) is 1. The number of aliphatic hydroxyl groups excluding tert-OH is 1. The third kappa shape index (κ3) is 3.31. The van der Waals surface area contributed by atoms with E-state index in [1.807, 2.05) is 6.92 Å². The van der Waals surface area contributed by atoms with Crippen molar-refractivity contribution in [2.75, 3.05) is 0 Å². The van der Waals surface area contributed by atoms with E-state index < -0.39 is 6.10 Å². The molecule has 0 aliphatic heterocycles. The minimum Gasteiger partial charge on any atom is -0.389 e. The van der Waals surface area contributed by atoms with E-state index in [-0.39, 0.29) is 0 Å². The van der Waals surface area contributed by atoms with Crippen LogP contribution in [0.2, 0.25) is 0 Å². The van der Waals surface area contributed by atoms with Crippen molar-refractivity contribution in [3.8, 4) is 0 Å². The monoisotopic (exact) mass is 127 g/mol. The van der Waals surface area contributed by atoms with Gasteiger partial charge in [0.05, 0.1) is 6.10 Å². The lowest BCUT2D eigenvalue weighted by atomic mass is 10.00. The van der Waals surface area contributed by atoms with Crippen LogP contribution in [-0.2, 0) is 0 Å². The summed E-state index contributed by atoms with van der Waals surface area (Å²) < 4.78 is 0. The molecule has 0 bridgehead atoms. The van der Waals surface area contributed by atoms with Crippen molar-refractivity contribution < 1.29 is 5.11 Å². The van der Waals surface area contributed by atoms with Crippen molar-refractivity contribution in [1.82, 2.24) is 0 Å². The highest BCUT2D eigenvalue weighted by Crippen LogP contribution is 2.10. The lowest BCUT2D eigenvalue weighted by Crippen LogP contribution is -2.13. The average Bonchev–Trinajstić information content (AvgIpc) is 1.87. The molecule has 0 aliphatic rings. The molecule has 0 aromatic heterocycles. The first-order valence-corrected chi connectivity index (χ1v) is 3.45. The lowest BCUT2D eigenvalue weighted by Gasteiger charge is -2.12. The highest BCUT2D eigenvalue weighted by Gasteiger charge is 2.07. The highest BCUT2D eigenvalue weighted by atomic mass is 16.3. The normalized spacial score (nSPS) is 16.8. The smallest absolute Gasteiger partial charge is 0.0749 e. The van der Waals surface area contributed by atoms with E-state index in [9.17, 15) is 0 Å². The lowest BCUT2D eigenvalue weighted by molar-refractivity contribution is 0.156. The molecule has 1 heteroatoms. The Morgan fingerprint density at radius 2 is 2.22 bits per heavy atom. The fourth-order valence-corrected chi connectivity index (χ4v) is 0.816. The molecule has 1 N–H and O–H groups in total. The summed E-state index contributed by atoms with van der Waals surface area (Å²) in [6.07, 6.45) is 3.06. The SMILES string of the molecule is [CH]=CC(O)C(C)CCC. The quantitative estimate of drug-likeness (QED) is 0.610. The average molecular weight is 127 g/mol. The Balaban J connectivity index is 3.44. The van der Waals surface area contributed by atoms with Gasteiger partial charge >= 0.3 is 0 Å². The first-order chi connectivity index (χ1) is 4.22. The van der Waals surface area contributed by atoms with Gasteiger partial charge in [0.25, 0.3) is 0 Å². The molecule has 2 unspecified atom stereocenters. The molecular weight excluding hydrogens is 112 g/mol. The van der Waals surface area contributed by atoms with Gasteiger partial charge in [-0.1, -0.05) is 32.9 Å². The standard InChI is InChI=1S/C8H15O/c1-4-6-7(3)8(9)5-2/h2,5,7-9H,4,6H2,1,3H3. The second-order valence-corrected chi connectivity index (χ2v) is 2.45. The predicted octanol–water partition coefficient (Wildman–Crippen LogP) is 1.77. The predicted molar refractivity (Wildman–Crippen MR) is 38.9 cm³/mol. The number of hydrogen-bond acceptors (Lipinski definition) is 1. The van der Waals surface area contributed by atoms with Crippen LogP contribution in [0.3, 0.4) is 0 Å².